The fourth-order valence-corrected chi connectivity index (χ4v) is 2.54. The third-order valence-corrected chi connectivity index (χ3v) is 3.52. The summed E-state index contributed by atoms with van der Waals surface area (Å²) in [6.07, 6.45) is 0.761. The normalized spacial score (nSPS) is 10.6. The Kier molecular flexibility index (Phi) is 4.80. The molecule has 0 unspecified atom stereocenters. The Labute approximate surface area is 129 Å². The number of ketones is 1. The second-order valence-electron chi connectivity index (χ2n) is 4.98. The molecule has 1 N–H and O–H groups in total. The van der Waals surface area contributed by atoms with Crippen molar-refractivity contribution in [2.24, 2.45) is 7.05 Å². The Morgan fingerprint density at radius 2 is 2.18 bits per heavy atom. The lowest BCUT2D eigenvalue weighted by Crippen LogP contribution is -2.08. The zero-order chi connectivity index (χ0) is 16.3. The molecule has 0 aliphatic carbocycles. The van der Waals surface area contributed by atoms with Crippen molar-refractivity contribution in [2.75, 3.05) is 12.4 Å². The molecule has 0 spiro atoms. The molecular formula is C16H20FN3O2. The maximum Gasteiger partial charge on any atom is 0.216 e. The van der Waals surface area contributed by atoms with Gasteiger partial charge in [-0.3, -0.25) is 4.79 Å². The number of ether oxygens (including phenoxy) is 1. The molecule has 6 heteroatoms. The first-order valence-corrected chi connectivity index (χ1v) is 7.11. The van der Waals surface area contributed by atoms with E-state index in [1.165, 1.54) is 13.0 Å². The van der Waals surface area contributed by atoms with Crippen LogP contribution in [0.3, 0.4) is 0 Å². The molecule has 0 atom stereocenters. The number of methoxy groups -OCH3 is 1. The van der Waals surface area contributed by atoms with E-state index in [4.69, 9.17) is 4.74 Å². The third-order valence-electron chi connectivity index (χ3n) is 3.52. The Bertz CT molecular complexity index is 695. The fourth-order valence-electron chi connectivity index (χ4n) is 2.54. The predicted octanol–water partition coefficient (Wildman–Crippen LogP) is 2.94. The van der Waals surface area contributed by atoms with Crippen LogP contribution in [-0.2, 0) is 20.0 Å². The van der Waals surface area contributed by atoms with E-state index in [2.05, 4.69) is 10.4 Å². The van der Waals surface area contributed by atoms with Crippen molar-refractivity contribution in [3.8, 4) is 5.88 Å². The lowest BCUT2D eigenvalue weighted by Gasteiger charge is -2.12. The number of hydrogen-bond donors (Lipinski definition) is 1. The molecule has 1 aromatic heterocycles. The van der Waals surface area contributed by atoms with Crippen LogP contribution in [0, 0.1) is 5.82 Å². The molecule has 0 amide bonds. The van der Waals surface area contributed by atoms with Crippen molar-refractivity contribution in [1.82, 2.24) is 9.78 Å². The van der Waals surface area contributed by atoms with E-state index in [1.807, 2.05) is 14.0 Å². The molecule has 22 heavy (non-hydrogen) atoms. The Hall–Kier alpha value is -2.37. The molecule has 0 aliphatic rings. The maximum atomic E-state index is 13.8. The minimum atomic E-state index is -0.522. The van der Waals surface area contributed by atoms with Crippen LogP contribution < -0.4 is 10.1 Å². The molecular weight excluding hydrogens is 285 g/mol. The van der Waals surface area contributed by atoms with Gasteiger partial charge in [0.25, 0.3) is 0 Å². The van der Waals surface area contributed by atoms with E-state index in [0.717, 1.165) is 17.7 Å². The number of hydrogen-bond acceptors (Lipinski definition) is 4. The maximum absolute atomic E-state index is 13.8. The number of rotatable bonds is 6. The number of carbonyl (C=O) groups excluding carboxylic acids is 1. The van der Waals surface area contributed by atoms with Crippen molar-refractivity contribution < 1.29 is 13.9 Å². The topological polar surface area (TPSA) is 56.1 Å². The summed E-state index contributed by atoms with van der Waals surface area (Å²) in [6, 6.07) is 4.55. The van der Waals surface area contributed by atoms with Crippen LogP contribution in [0.15, 0.2) is 18.2 Å². The summed E-state index contributed by atoms with van der Waals surface area (Å²) in [6.45, 7) is 3.77. The molecule has 0 saturated heterocycles. The first-order valence-electron chi connectivity index (χ1n) is 7.11. The average molecular weight is 305 g/mol. The van der Waals surface area contributed by atoms with Gasteiger partial charge in [0.2, 0.25) is 5.88 Å². The highest BCUT2D eigenvalue weighted by Crippen LogP contribution is 2.25. The minimum absolute atomic E-state index is 0.0726. The molecule has 0 saturated carbocycles. The SMILES string of the molecule is CCc1nn(C)c(OC)c1CNc1cccc(F)c1C(C)=O. The number of carbonyl (C=O) groups is 1. The Morgan fingerprint density at radius 1 is 1.45 bits per heavy atom. The summed E-state index contributed by atoms with van der Waals surface area (Å²) in [4.78, 5) is 11.6. The van der Waals surface area contributed by atoms with E-state index in [1.54, 1.807) is 23.9 Å². The van der Waals surface area contributed by atoms with Gasteiger partial charge < -0.3 is 10.1 Å². The molecule has 0 aliphatic heterocycles. The monoisotopic (exact) mass is 305 g/mol. The van der Waals surface area contributed by atoms with Gasteiger partial charge in [-0.1, -0.05) is 13.0 Å². The molecule has 0 bridgehead atoms. The molecule has 0 fully saturated rings. The van der Waals surface area contributed by atoms with E-state index in [-0.39, 0.29) is 11.3 Å². The molecule has 1 heterocycles. The smallest absolute Gasteiger partial charge is 0.216 e. The molecule has 5 nitrogen and oxygen atoms in total. The highest BCUT2D eigenvalue weighted by Gasteiger charge is 2.17. The lowest BCUT2D eigenvalue weighted by molar-refractivity contribution is 0.101. The van der Waals surface area contributed by atoms with Gasteiger partial charge in [0, 0.05) is 19.3 Å². The summed E-state index contributed by atoms with van der Waals surface area (Å²) in [5.41, 5.74) is 2.36. The second kappa shape index (κ2) is 6.60. The van der Waals surface area contributed by atoms with Crippen LogP contribution in [0.1, 0.15) is 35.5 Å². The van der Waals surface area contributed by atoms with Crippen molar-refractivity contribution >= 4 is 11.5 Å². The number of Topliss-reactive ketones (excluding diaryl/α,β-unsaturated/α-hetero) is 1. The van der Waals surface area contributed by atoms with E-state index in [0.29, 0.717) is 18.1 Å². The Morgan fingerprint density at radius 3 is 2.77 bits per heavy atom. The minimum Gasteiger partial charge on any atom is -0.481 e. The van der Waals surface area contributed by atoms with Gasteiger partial charge in [0.05, 0.1) is 23.9 Å². The first-order chi connectivity index (χ1) is 10.5. The standard InChI is InChI=1S/C16H20FN3O2/c1-5-13-11(16(22-4)20(3)19-13)9-18-14-8-6-7-12(17)15(14)10(2)21/h6-8,18H,5,9H2,1-4H3. The molecule has 0 radical (unpaired) electrons. The van der Waals surface area contributed by atoms with Crippen LogP contribution in [0.5, 0.6) is 5.88 Å². The van der Waals surface area contributed by atoms with Crippen molar-refractivity contribution in [3.05, 3.63) is 40.8 Å². The molecule has 118 valence electrons. The number of benzene rings is 1. The van der Waals surface area contributed by atoms with Gasteiger partial charge in [-0.25, -0.2) is 9.07 Å². The number of nitrogens with zero attached hydrogens (tertiary/aromatic N) is 2. The number of nitrogens with one attached hydrogen (secondary N) is 1. The van der Waals surface area contributed by atoms with Crippen molar-refractivity contribution in [2.45, 2.75) is 26.8 Å². The van der Waals surface area contributed by atoms with E-state index < -0.39 is 5.82 Å². The van der Waals surface area contributed by atoms with E-state index in [9.17, 15) is 9.18 Å². The van der Waals surface area contributed by atoms with Gasteiger partial charge in [-0.2, -0.15) is 5.10 Å². The van der Waals surface area contributed by atoms with Gasteiger partial charge >= 0.3 is 0 Å². The van der Waals surface area contributed by atoms with Crippen molar-refractivity contribution in [1.29, 1.82) is 0 Å². The van der Waals surface area contributed by atoms with Crippen LogP contribution in [-0.4, -0.2) is 22.7 Å². The first kappa shape index (κ1) is 16.0. The van der Waals surface area contributed by atoms with E-state index >= 15 is 0 Å². The largest absolute Gasteiger partial charge is 0.481 e. The Balaban J connectivity index is 2.32. The highest BCUT2D eigenvalue weighted by molar-refractivity contribution is 5.99. The summed E-state index contributed by atoms with van der Waals surface area (Å²) < 4.78 is 20.9. The number of aromatic nitrogens is 2. The van der Waals surface area contributed by atoms with Crippen LogP contribution >= 0.6 is 0 Å². The predicted molar refractivity (Wildman–Crippen MR) is 82.9 cm³/mol. The van der Waals surface area contributed by atoms with Gasteiger partial charge in [-0.15, -0.1) is 0 Å². The quantitative estimate of drug-likeness (QED) is 0.834. The number of anilines is 1. The average Bonchev–Trinajstić information content (AvgIpc) is 2.79. The summed E-state index contributed by atoms with van der Waals surface area (Å²) in [5.74, 6) is -0.175. The van der Waals surface area contributed by atoms with Crippen LogP contribution in [0.2, 0.25) is 0 Å². The zero-order valence-corrected chi connectivity index (χ0v) is 13.2. The summed E-state index contributed by atoms with van der Waals surface area (Å²) in [5, 5.41) is 7.52. The molecule has 2 rings (SSSR count). The van der Waals surface area contributed by atoms with Crippen LogP contribution in [0.4, 0.5) is 10.1 Å². The molecule has 2 aromatic rings. The van der Waals surface area contributed by atoms with Crippen LogP contribution in [0.25, 0.3) is 0 Å². The van der Waals surface area contributed by atoms with Gasteiger partial charge in [0.15, 0.2) is 5.78 Å². The third kappa shape index (κ3) is 2.95. The van der Waals surface area contributed by atoms with Gasteiger partial charge in [-0.05, 0) is 25.5 Å². The summed E-state index contributed by atoms with van der Waals surface area (Å²) >= 11 is 0. The lowest BCUT2D eigenvalue weighted by atomic mass is 10.1. The summed E-state index contributed by atoms with van der Waals surface area (Å²) in [7, 11) is 3.40. The van der Waals surface area contributed by atoms with Gasteiger partial charge in [0.1, 0.15) is 5.82 Å². The zero-order valence-electron chi connectivity index (χ0n) is 13.2. The fraction of sp³-hybridized carbons (Fsp3) is 0.375. The number of halogens is 1. The second-order valence-corrected chi connectivity index (χ2v) is 4.98. The highest BCUT2D eigenvalue weighted by atomic mass is 19.1. The molecule has 1 aromatic carbocycles. The number of aryl methyl sites for hydroxylation is 2. The van der Waals surface area contributed by atoms with Crippen molar-refractivity contribution in [3.63, 3.8) is 0 Å².